The summed E-state index contributed by atoms with van der Waals surface area (Å²) in [6.07, 6.45) is 1.50. The van der Waals surface area contributed by atoms with E-state index in [2.05, 4.69) is 35.7 Å². The number of piperazine rings is 1. The first kappa shape index (κ1) is 14.1. The van der Waals surface area contributed by atoms with E-state index in [0.717, 1.165) is 19.6 Å². The molecule has 0 atom stereocenters. The van der Waals surface area contributed by atoms with E-state index >= 15 is 0 Å². The van der Waals surface area contributed by atoms with E-state index in [-0.39, 0.29) is 16.1 Å². The van der Waals surface area contributed by atoms with E-state index in [0.29, 0.717) is 5.82 Å². The Kier molecular flexibility index (Phi) is 3.69. The average molecular weight is 284 g/mol. The van der Waals surface area contributed by atoms with Crippen molar-refractivity contribution in [1.82, 2.24) is 9.88 Å². The molecule has 19 heavy (non-hydrogen) atoms. The normalized spacial score (nSPS) is 19.5. The highest BCUT2D eigenvalue weighted by Crippen LogP contribution is 2.30. The molecule has 0 radical (unpaired) electrons. The molecule has 1 aliphatic heterocycles. The number of carboxylic acids is 1. The number of aromatic carboxylic acids is 1. The van der Waals surface area contributed by atoms with E-state index in [1.165, 1.54) is 12.3 Å². The topological polar surface area (TPSA) is 56.7 Å². The van der Waals surface area contributed by atoms with Gasteiger partial charge in [-0.05, 0) is 27.0 Å². The molecule has 0 aromatic carbocycles. The molecule has 2 heterocycles. The van der Waals surface area contributed by atoms with Gasteiger partial charge in [0, 0.05) is 31.4 Å². The second-order valence-corrected chi connectivity index (χ2v) is 5.83. The molecule has 1 N–H and O–H groups in total. The molecule has 0 saturated carbocycles. The Balaban J connectivity index is 2.33. The molecule has 0 unspecified atom stereocenters. The van der Waals surface area contributed by atoms with Crippen molar-refractivity contribution in [2.24, 2.45) is 0 Å². The van der Waals surface area contributed by atoms with Crippen molar-refractivity contribution in [3.8, 4) is 0 Å². The van der Waals surface area contributed by atoms with Gasteiger partial charge >= 0.3 is 5.97 Å². The molecular formula is C13H18ClN3O2. The molecule has 6 heteroatoms. The Labute approximate surface area is 117 Å². The lowest BCUT2D eigenvalue weighted by atomic mass is 9.99. The summed E-state index contributed by atoms with van der Waals surface area (Å²) in [5, 5.41) is 9.31. The lowest BCUT2D eigenvalue weighted by Crippen LogP contribution is -2.58. The summed E-state index contributed by atoms with van der Waals surface area (Å²) < 4.78 is 0. The van der Waals surface area contributed by atoms with Gasteiger partial charge in [-0.1, -0.05) is 11.6 Å². The number of rotatable bonds is 2. The lowest BCUT2D eigenvalue weighted by molar-refractivity contribution is 0.0697. The van der Waals surface area contributed by atoms with E-state index in [9.17, 15) is 4.79 Å². The molecule has 1 aromatic rings. The third-order valence-corrected chi connectivity index (χ3v) is 4.09. The van der Waals surface area contributed by atoms with Gasteiger partial charge in [-0.3, -0.25) is 4.90 Å². The van der Waals surface area contributed by atoms with Gasteiger partial charge in [0.15, 0.2) is 0 Å². The van der Waals surface area contributed by atoms with Crippen molar-refractivity contribution in [2.45, 2.75) is 19.4 Å². The monoisotopic (exact) mass is 283 g/mol. The first-order chi connectivity index (χ1) is 8.83. The van der Waals surface area contributed by atoms with E-state index in [1.54, 1.807) is 0 Å². The Morgan fingerprint density at radius 2 is 2.16 bits per heavy atom. The Bertz CT molecular complexity index is 505. The predicted molar refractivity (Wildman–Crippen MR) is 75.1 cm³/mol. The number of pyridine rings is 1. The van der Waals surface area contributed by atoms with Gasteiger partial charge in [0.05, 0.1) is 10.6 Å². The lowest BCUT2D eigenvalue weighted by Gasteiger charge is -2.46. The number of hydrogen-bond acceptors (Lipinski definition) is 4. The number of nitrogens with zero attached hydrogens (tertiary/aromatic N) is 3. The number of hydrogen-bond donors (Lipinski definition) is 1. The van der Waals surface area contributed by atoms with Crippen LogP contribution in [0.1, 0.15) is 24.2 Å². The summed E-state index contributed by atoms with van der Waals surface area (Å²) in [7, 11) is 2.08. The molecule has 1 aromatic heterocycles. The first-order valence-electron chi connectivity index (χ1n) is 6.17. The van der Waals surface area contributed by atoms with Crippen LogP contribution in [0.4, 0.5) is 5.82 Å². The fourth-order valence-corrected chi connectivity index (χ4v) is 2.55. The predicted octanol–water partition coefficient (Wildman–Crippen LogP) is 1.96. The molecule has 1 fully saturated rings. The molecule has 5 nitrogen and oxygen atoms in total. The number of anilines is 1. The minimum Gasteiger partial charge on any atom is -0.478 e. The quantitative estimate of drug-likeness (QED) is 0.899. The third kappa shape index (κ3) is 2.67. The van der Waals surface area contributed by atoms with Crippen molar-refractivity contribution < 1.29 is 9.90 Å². The highest BCUT2D eigenvalue weighted by atomic mass is 35.5. The second-order valence-electron chi connectivity index (χ2n) is 5.46. The summed E-state index contributed by atoms with van der Waals surface area (Å²) in [5.74, 6) is -0.468. The largest absolute Gasteiger partial charge is 0.478 e. The van der Waals surface area contributed by atoms with Crippen LogP contribution in [0.25, 0.3) is 0 Å². The summed E-state index contributed by atoms with van der Waals surface area (Å²) in [5.41, 5.74) is 0.103. The summed E-state index contributed by atoms with van der Waals surface area (Å²) >= 11 is 6.17. The van der Waals surface area contributed by atoms with Crippen LogP contribution >= 0.6 is 11.6 Å². The van der Waals surface area contributed by atoms with E-state index in [1.807, 2.05) is 0 Å². The molecule has 104 valence electrons. The minimum absolute atomic E-state index is 0.00247. The van der Waals surface area contributed by atoms with Crippen molar-refractivity contribution in [3.63, 3.8) is 0 Å². The number of aromatic nitrogens is 1. The van der Waals surface area contributed by atoms with Crippen LogP contribution in [0.5, 0.6) is 0 Å². The summed E-state index contributed by atoms with van der Waals surface area (Å²) in [6, 6.07) is 1.43. The molecule has 1 saturated heterocycles. The highest BCUT2D eigenvalue weighted by molar-refractivity contribution is 6.35. The van der Waals surface area contributed by atoms with E-state index < -0.39 is 5.97 Å². The molecular weight excluding hydrogens is 266 g/mol. The third-order valence-electron chi connectivity index (χ3n) is 3.72. The van der Waals surface area contributed by atoms with Crippen molar-refractivity contribution >= 4 is 23.4 Å². The maximum atomic E-state index is 11.1. The molecule has 0 spiro atoms. The minimum atomic E-state index is -1.03. The van der Waals surface area contributed by atoms with Gasteiger partial charge < -0.3 is 10.0 Å². The SMILES string of the molecule is CN1CCN(c2nccc(C(=O)O)c2Cl)CC1(C)C. The van der Waals surface area contributed by atoms with E-state index in [4.69, 9.17) is 16.7 Å². The Hall–Kier alpha value is -1.33. The van der Waals surface area contributed by atoms with Gasteiger partial charge in [-0.15, -0.1) is 0 Å². The molecule has 2 rings (SSSR count). The van der Waals surface area contributed by atoms with Gasteiger partial charge in [-0.25, -0.2) is 9.78 Å². The highest BCUT2D eigenvalue weighted by Gasteiger charge is 2.32. The standard InChI is InChI=1S/C13H18ClN3O2/c1-13(2)8-17(7-6-16(13)3)11-10(14)9(12(18)19)4-5-15-11/h4-5H,6-8H2,1-3H3,(H,18,19). The molecule has 1 aliphatic rings. The zero-order chi connectivity index (χ0) is 14.2. The van der Waals surface area contributed by atoms with Gasteiger partial charge in [0.25, 0.3) is 0 Å². The van der Waals surface area contributed by atoms with Crippen LogP contribution < -0.4 is 4.90 Å². The first-order valence-corrected chi connectivity index (χ1v) is 6.55. The fraction of sp³-hybridized carbons (Fsp3) is 0.538. The van der Waals surface area contributed by atoms with Gasteiger partial charge in [0.2, 0.25) is 0 Å². The van der Waals surface area contributed by atoms with Crippen LogP contribution in [0.2, 0.25) is 5.02 Å². The van der Waals surface area contributed by atoms with Gasteiger partial charge in [0.1, 0.15) is 5.82 Å². The van der Waals surface area contributed by atoms with Crippen LogP contribution in [-0.2, 0) is 0 Å². The van der Waals surface area contributed by atoms with Crippen LogP contribution in [0.15, 0.2) is 12.3 Å². The second kappa shape index (κ2) is 4.98. The van der Waals surface area contributed by atoms with Crippen molar-refractivity contribution in [3.05, 3.63) is 22.8 Å². The van der Waals surface area contributed by atoms with Crippen LogP contribution in [0.3, 0.4) is 0 Å². The molecule has 0 bridgehead atoms. The Morgan fingerprint density at radius 1 is 1.47 bits per heavy atom. The number of carboxylic acid groups (broad SMARTS) is 1. The van der Waals surface area contributed by atoms with Crippen LogP contribution in [-0.4, -0.2) is 53.2 Å². The van der Waals surface area contributed by atoms with Crippen LogP contribution in [0, 0.1) is 0 Å². The molecule has 0 amide bonds. The van der Waals surface area contributed by atoms with Crippen molar-refractivity contribution in [1.29, 1.82) is 0 Å². The number of likely N-dealkylation sites (N-methyl/N-ethyl adjacent to an activating group) is 1. The summed E-state index contributed by atoms with van der Waals surface area (Å²) in [4.78, 5) is 19.7. The average Bonchev–Trinajstić information content (AvgIpc) is 2.32. The van der Waals surface area contributed by atoms with Crippen molar-refractivity contribution in [2.75, 3.05) is 31.6 Å². The summed E-state index contributed by atoms with van der Waals surface area (Å²) in [6.45, 7) is 6.74. The van der Waals surface area contributed by atoms with Gasteiger partial charge in [-0.2, -0.15) is 0 Å². The smallest absolute Gasteiger partial charge is 0.337 e. The fourth-order valence-electron chi connectivity index (χ4n) is 2.24. The zero-order valence-corrected chi connectivity index (χ0v) is 12.1. The number of carbonyl (C=O) groups is 1. The maximum Gasteiger partial charge on any atom is 0.337 e. The molecule has 0 aliphatic carbocycles. The maximum absolute atomic E-state index is 11.1. The zero-order valence-electron chi connectivity index (χ0n) is 11.4. The number of halogens is 1. The Morgan fingerprint density at radius 3 is 2.74 bits per heavy atom.